The van der Waals surface area contributed by atoms with E-state index in [1.165, 1.54) is 7.11 Å². The lowest BCUT2D eigenvalue weighted by molar-refractivity contribution is -0.138. The number of carbonyl (C=O) groups is 1. The van der Waals surface area contributed by atoms with Crippen molar-refractivity contribution < 1.29 is 9.53 Å². The minimum atomic E-state index is -0.300. The number of methoxy groups -OCH3 is 1. The van der Waals surface area contributed by atoms with E-state index in [1.54, 1.807) is 0 Å². The molecule has 18 heavy (non-hydrogen) atoms. The topological polar surface area (TPSA) is 55.6 Å². The Labute approximate surface area is 120 Å². The molecule has 0 saturated heterocycles. The van der Waals surface area contributed by atoms with Crippen LogP contribution in [-0.2, 0) is 9.53 Å². The molecule has 0 spiro atoms. The number of nitrogens with two attached hydrogens (primary N) is 1. The maximum atomic E-state index is 11.4. The van der Waals surface area contributed by atoms with E-state index in [9.17, 15) is 4.79 Å². The van der Waals surface area contributed by atoms with Crippen LogP contribution in [0.15, 0.2) is 22.7 Å². The zero-order valence-corrected chi connectivity index (χ0v) is 12.7. The summed E-state index contributed by atoms with van der Waals surface area (Å²) in [5.74, 6) is -0.300. The normalized spacial score (nSPS) is 9.94. The van der Waals surface area contributed by atoms with Crippen LogP contribution >= 0.6 is 28.1 Å². The van der Waals surface area contributed by atoms with Gasteiger partial charge in [0.25, 0.3) is 0 Å². The number of anilines is 1. The molecule has 1 aromatic carbocycles. The van der Waals surface area contributed by atoms with Gasteiger partial charge in [-0.3, -0.25) is 4.79 Å². The third kappa shape index (κ3) is 3.43. The summed E-state index contributed by atoms with van der Waals surface area (Å²) in [5.41, 5.74) is 7.29. The number of benzene rings is 1. The first-order chi connectivity index (χ1) is 8.51. The molecular formula is C12H15BrN2O2S. The number of likely N-dealkylation sites (N-methyl/N-ethyl adjacent to an activating group) is 1. The maximum absolute atomic E-state index is 11.4. The van der Waals surface area contributed by atoms with Crippen LogP contribution in [0.3, 0.4) is 0 Å². The van der Waals surface area contributed by atoms with Crippen LogP contribution in [0.2, 0.25) is 0 Å². The van der Waals surface area contributed by atoms with Crippen molar-refractivity contribution in [2.45, 2.75) is 6.92 Å². The predicted octanol–water partition coefficient (Wildman–Crippen LogP) is 2.08. The van der Waals surface area contributed by atoms with Crippen LogP contribution in [-0.4, -0.2) is 31.2 Å². The molecule has 0 amide bonds. The molecule has 0 unspecified atom stereocenters. The Morgan fingerprint density at radius 1 is 1.56 bits per heavy atom. The van der Waals surface area contributed by atoms with Crippen molar-refractivity contribution in [3.63, 3.8) is 0 Å². The van der Waals surface area contributed by atoms with Gasteiger partial charge in [-0.05, 0) is 35.0 Å². The van der Waals surface area contributed by atoms with Crippen LogP contribution in [0, 0.1) is 0 Å². The van der Waals surface area contributed by atoms with Crippen molar-refractivity contribution >= 4 is 44.8 Å². The zero-order valence-electron chi connectivity index (χ0n) is 10.3. The van der Waals surface area contributed by atoms with Crippen molar-refractivity contribution in [2.75, 3.05) is 25.1 Å². The van der Waals surface area contributed by atoms with Crippen LogP contribution in [0.1, 0.15) is 12.5 Å². The number of esters is 1. The highest BCUT2D eigenvalue weighted by Crippen LogP contribution is 2.27. The van der Waals surface area contributed by atoms with Gasteiger partial charge in [0.15, 0.2) is 0 Å². The van der Waals surface area contributed by atoms with Gasteiger partial charge in [-0.15, -0.1) is 0 Å². The minimum Gasteiger partial charge on any atom is -0.468 e. The Morgan fingerprint density at radius 2 is 2.22 bits per heavy atom. The van der Waals surface area contributed by atoms with Gasteiger partial charge in [-0.25, -0.2) is 0 Å². The quantitative estimate of drug-likeness (QED) is 0.661. The SMILES string of the molecule is CCN(CC(=O)OC)c1cccc(Br)c1C(N)=S. The lowest BCUT2D eigenvalue weighted by Gasteiger charge is -2.24. The van der Waals surface area contributed by atoms with Crippen molar-refractivity contribution in [1.82, 2.24) is 0 Å². The van der Waals surface area contributed by atoms with E-state index in [2.05, 4.69) is 20.7 Å². The number of rotatable bonds is 5. The molecule has 2 N–H and O–H groups in total. The summed E-state index contributed by atoms with van der Waals surface area (Å²) in [6, 6.07) is 5.62. The number of thiocarbonyl (C=S) groups is 1. The summed E-state index contributed by atoms with van der Waals surface area (Å²) in [6.45, 7) is 2.77. The van der Waals surface area contributed by atoms with Gasteiger partial charge in [0.1, 0.15) is 11.5 Å². The molecule has 1 rings (SSSR count). The third-order valence-corrected chi connectivity index (χ3v) is 3.37. The average Bonchev–Trinajstić information content (AvgIpc) is 2.34. The molecule has 0 aliphatic rings. The summed E-state index contributed by atoms with van der Waals surface area (Å²) in [4.78, 5) is 13.5. The smallest absolute Gasteiger partial charge is 0.325 e. The fraction of sp³-hybridized carbons (Fsp3) is 0.333. The van der Waals surface area contributed by atoms with E-state index in [4.69, 9.17) is 18.0 Å². The Hall–Kier alpha value is -1.14. The first kappa shape index (κ1) is 14.9. The molecule has 0 fully saturated rings. The zero-order chi connectivity index (χ0) is 13.7. The molecule has 0 aliphatic heterocycles. The Balaban J connectivity index is 3.17. The summed E-state index contributed by atoms with van der Waals surface area (Å²) < 4.78 is 5.49. The Morgan fingerprint density at radius 3 is 2.72 bits per heavy atom. The van der Waals surface area contributed by atoms with Crippen LogP contribution in [0.4, 0.5) is 5.69 Å². The molecule has 0 saturated carbocycles. The highest BCUT2D eigenvalue weighted by molar-refractivity contribution is 9.10. The molecule has 6 heteroatoms. The van der Waals surface area contributed by atoms with E-state index in [-0.39, 0.29) is 12.5 Å². The van der Waals surface area contributed by atoms with Gasteiger partial charge in [0, 0.05) is 22.3 Å². The Kier molecular flexibility index (Phi) is 5.55. The molecule has 0 aromatic heterocycles. The van der Waals surface area contributed by atoms with Gasteiger partial charge in [-0.2, -0.15) is 0 Å². The first-order valence-electron chi connectivity index (χ1n) is 5.41. The van der Waals surface area contributed by atoms with Crippen molar-refractivity contribution in [2.24, 2.45) is 5.73 Å². The lowest BCUT2D eigenvalue weighted by atomic mass is 10.1. The summed E-state index contributed by atoms with van der Waals surface area (Å²) in [7, 11) is 1.37. The van der Waals surface area contributed by atoms with Crippen LogP contribution in [0.25, 0.3) is 0 Å². The molecule has 98 valence electrons. The Bertz CT molecular complexity index is 465. The van der Waals surface area contributed by atoms with Crippen LogP contribution in [0.5, 0.6) is 0 Å². The molecule has 0 aliphatic carbocycles. The average molecular weight is 331 g/mol. The second kappa shape index (κ2) is 6.70. The second-order valence-corrected chi connectivity index (χ2v) is 4.88. The lowest BCUT2D eigenvalue weighted by Crippen LogP contribution is -2.32. The number of nitrogens with zero attached hydrogens (tertiary/aromatic N) is 1. The molecule has 0 atom stereocenters. The maximum Gasteiger partial charge on any atom is 0.325 e. The molecule has 4 nitrogen and oxygen atoms in total. The summed E-state index contributed by atoms with van der Waals surface area (Å²) in [6.07, 6.45) is 0. The number of hydrogen-bond donors (Lipinski definition) is 1. The van der Waals surface area contributed by atoms with E-state index >= 15 is 0 Å². The summed E-state index contributed by atoms with van der Waals surface area (Å²) in [5, 5.41) is 0. The third-order valence-electron chi connectivity index (χ3n) is 2.51. The van der Waals surface area contributed by atoms with Crippen molar-refractivity contribution in [3.05, 3.63) is 28.2 Å². The number of ether oxygens (including phenoxy) is 1. The van der Waals surface area contributed by atoms with E-state index < -0.39 is 0 Å². The predicted molar refractivity (Wildman–Crippen MR) is 79.9 cm³/mol. The van der Waals surface area contributed by atoms with E-state index in [0.717, 1.165) is 15.7 Å². The molecular weight excluding hydrogens is 316 g/mol. The van der Waals surface area contributed by atoms with Gasteiger partial charge in [0.2, 0.25) is 0 Å². The van der Waals surface area contributed by atoms with Crippen molar-refractivity contribution in [1.29, 1.82) is 0 Å². The molecule has 0 heterocycles. The number of halogens is 1. The summed E-state index contributed by atoms with van der Waals surface area (Å²) >= 11 is 8.47. The standard InChI is InChI=1S/C12H15BrN2O2S/c1-3-15(7-10(16)17-2)9-6-4-5-8(13)11(9)12(14)18/h4-6H,3,7H2,1-2H3,(H2,14,18). The van der Waals surface area contributed by atoms with Gasteiger partial charge >= 0.3 is 5.97 Å². The molecule has 0 bridgehead atoms. The molecule has 0 radical (unpaired) electrons. The largest absolute Gasteiger partial charge is 0.468 e. The van der Waals surface area contributed by atoms with E-state index in [1.807, 2.05) is 30.0 Å². The monoisotopic (exact) mass is 330 g/mol. The van der Waals surface area contributed by atoms with Crippen molar-refractivity contribution in [3.8, 4) is 0 Å². The number of carbonyl (C=O) groups excluding carboxylic acids is 1. The van der Waals surface area contributed by atoms with E-state index in [0.29, 0.717) is 11.5 Å². The fourth-order valence-corrected chi connectivity index (χ4v) is 2.52. The highest BCUT2D eigenvalue weighted by atomic mass is 79.9. The first-order valence-corrected chi connectivity index (χ1v) is 6.61. The van der Waals surface area contributed by atoms with Crippen LogP contribution < -0.4 is 10.6 Å². The van der Waals surface area contributed by atoms with Gasteiger partial charge in [0.05, 0.1) is 7.11 Å². The molecule has 1 aromatic rings. The second-order valence-electron chi connectivity index (χ2n) is 3.59. The van der Waals surface area contributed by atoms with Gasteiger partial charge < -0.3 is 15.4 Å². The number of hydrogen-bond acceptors (Lipinski definition) is 4. The highest BCUT2D eigenvalue weighted by Gasteiger charge is 2.17. The fourth-order valence-electron chi connectivity index (χ4n) is 1.61. The minimum absolute atomic E-state index is 0.166. The van der Waals surface area contributed by atoms with Gasteiger partial charge in [-0.1, -0.05) is 18.3 Å².